The highest BCUT2D eigenvalue weighted by Gasteiger charge is 2.18. The molecule has 1 aliphatic heterocycles. The highest BCUT2D eigenvalue weighted by molar-refractivity contribution is 6.05. The molecule has 3 rings (SSSR count). The molecule has 2 amide bonds. The maximum absolute atomic E-state index is 12.6. The number of amides is 2. The molecule has 0 spiro atoms. The SMILES string of the molecule is Cc1ccc(C(=O)NCC2CCCO2)cc1NC(=O)c1c(C)ncn1C. The third kappa shape index (κ3) is 3.94. The van der Waals surface area contributed by atoms with Crippen molar-refractivity contribution >= 4 is 17.5 Å². The fourth-order valence-corrected chi connectivity index (χ4v) is 3.07. The van der Waals surface area contributed by atoms with Gasteiger partial charge in [0.05, 0.1) is 18.1 Å². The highest BCUT2D eigenvalue weighted by atomic mass is 16.5. The summed E-state index contributed by atoms with van der Waals surface area (Å²) in [5.74, 6) is -0.421. The highest BCUT2D eigenvalue weighted by Crippen LogP contribution is 2.19. The number of anilines is 1. The molecule has 1 unspecified atom stereocenters. The third-order valence-corrected chi connectivity index (χ3v) is 4.60. The van der Waals surface area contributed by atoms with Crippen LogP contribution in [-0.4, -0.2) is 40.6 Å². The van der Waals surface area contributed by atoms with Crippen LogP contribution in [-0.2, 0) is 11.8 Å². The van der Waals surface area contributed by atoms with E-state index in [-0.39, 0.29) is 17.9 Å². The number of aryl methyl sites for hydroxylation is 3. The Labute approximate surface area is 152 Å². The molecule has 0 radical (unpaired) electrons. The Kier molecular flexibility index (Phi) is 5.37. The molecule has 0 aliphatic carbocycles. The number of ether oxygens (including phenoxy) is 1. The maximum atomic E-state index is 12.6. The van der Waals surface area contributed by atoms with Crippen LogP contribution in [0.3, 0.4) is 0 Å². The zero-order valence-corrected chi connectivity index (χ0v) is 15.3. The molecular weight excluding hydrogens is 332 g/mol. The van der Waals surface area contributed by atoms with Gasteiger partial charge in [-0.1, -0.05) is 6.07 Å². The standard InChI is InChI=1S/C19H24N4O3/c1-12-6-7-14(18(24)20-10-15-5-4-8-26-15)9-16(12)22-19(25)17-13(2)21-11-23(17)3/h6-7,9,11,15H,4-5,8,10H2,1-3H3,(H,20,24)(H,22,25). The van der Waals surface area contributed by atoms with Crippen molar-refractivity contribution in [3.8, 4) is 0 Å². The Morgan fingerprint density at radius 2 is 2.12 bits per heavy atom. The van der Waals surface area contributed by atoms with E-state index in [1.165, 1.54) is 0 Å². The lowest BCUT2D eigenvalue weighted by molar-refractivity contribution is 0.0857. The average molecular weight is 356 g/mol. The first-order valence-electron chi connectivity index (χ1n) is 8.75. The molecule has 0 bridgehead atoms. The summed E-state index contributed by atoms with van der Waals surface area (Å²) in [7, 11) is 1.77. The van der Waals surface area contributed by atoms with E-state index in [4.69, 9.17) is 4.74 Å². The molecule has 1 aromatic heterocycles. The van der Waals surface area contributed by atoms with Crippen molar-refractivity contribution in [2.24, 2.45) is 7.05 Å². The number of nitrogens with zero attached hydrogens (tertiary/aromatic N) is 2. The van der Waals surface area contributed by atoms with Gasteiger partial charge in [-0.05, 0) is 44.4 Å². The molecule has 2 heterocycles. The number of hydrogen-bond donors (Lipinski definition) is 2. The van der Waals surface area contributed by atoms with Crippen LogP contribution < -0.4 is 10.6 Å². The van der Waals surface area contributed by atoms with Crippen molar-refractivity contribution < 1.29 is 14.3 Å². The van der Waals surface area contributed by atoms with E-state index in [0.717, 1.165) is 25.0 Å². The zero-order valence-electron chi connectivity index (χ0n) is 15.3. The molecule has 1 fully saturated rings. The molecule has 2 N–H and O–H groups in total. The summed E-state index contributed by atoms with van der Waals surface area (Å²) in [5.41, 5.74) is 3.16. The lowest BCUT2D eigenvalue weighted by atomic mass is 10.1. The van der Waals surface area contributed by atoms with E-state index in [0.29, 0.717) is 29.2 Å². The maximum Gasteiger partial charge on any atom is 0.274 e. The summed E-state index contributed by atoms with van der Waals surface area (Å²) in [6.07, 6.45) is 3.71. The van der Waals surface area contributed by atoms with Gasteiger partial charge in [0.25, 0.3) is 11.8 Å². The number of carbonyl (C=O) groups is 2. The van der Waals surface area contributed by atoms with Gasteiger partial charge in [0.1, 0.15) is 5.69 Å². The van der Waals surface area contributed by atoms with Gasteiger partial charge in [-0.3, -0.25) is 9.59 Å². The molecular formula is C19H24N4O3. The van der Waals surface area contributed by atoms with Gasteiger partial charge in [0.2, 0.25) is 0 Å². The van der Waals surface area contributed by atoms with Crippen molar-refractivity contribution in [3.63, 3.8) is 0 Å². The van der Waals surface area contributed by atoms with Gasteiger partial charge in [-0.25, -0.2) is 4.98 Å². The van der Waals surface area contributed by atoms with E-state index in [2.05, 4.69) is 15.6 Å². The fraction of sp³-hybridized carbons (Fsp3) is 0.421. The Hall–Kier alpha value is -2.67. The van der Waals surface area contributed by atoms with Crippen molar-refractivity contribution in [3.05, 3.63) is 47.0 Å². The van der Waals surface area contributed by atoms with Gasteiger partial charge < -0.3 is 19.9 Å². The largest absolute Gasteiger partial charge is 0.376 e. The minimum Gasteiger partial charge on any atom is -0.376 e. The van der Waals surface area contributed by atoms with Gasteiger partial charge in [0, 0.05) is 31.5 Å². The number of carbonyl (C=O) groups excluding carboxylic acids is 2. The Morgan fingerprint density at radius 1 is 1.31 bits per heavy atom. The quantitative estimate of drug-likeness (QED) is 0.860. The van der Waals surface area contributed by atoms with Crippen LogP contribution in [0.2, 0.25) is 0 Å². The number of hydrogen-bond acceptors (Lipinski definition) is 4. The number of nitrogens with one attached hydrogen (secondary N) is 2. The second kappa shape index (κ2) is 7.70. The molecule has 1 aromatic carbocycles. The van der Waals surface area contributed by atoms with E-state index < -0.39 is 0 Å². The molecule has 1 atom stereocenters. The van der Waals surface area contributed by atoms with Crippen molar-refractivity contribution in [1.82, 2.24) is 14.9 Å². The lowest BCUT2D eigenvalue weighted by Crippen LogP contribution is -2.31. The number of benzene rings is 1. The Bertz CT molecular complexity index is 803. The first-order chi connectivity index (χ1) is 12.5. The predicted molar refractivity (Wildman–Crippen MR) is 98.4 cm³/mol. The summed E-state index contributed by atoms with van der Waals surface area (Å²) < 4.78 is 7.20. The van der Waals surface area contributed by atoms with Crippen LogP contribution in [0.25, 0.3) is 0 Å². The lowest BCUT2D eigenvalue weighted by Gasteiger charge is -2.13. The van der Waals surface area contributed by atoms with E-state index in [1.807, 2.05) is 13.0 Å². The van der Waals surface area contributed by atoms with Crippen LogP contribution >= 0.6 is 0 Å². The zero-order chi connectivity index (χ0) is 18.7. The number of imidazole rings is 1. The third-order valence-electron chi connectivity index (χ3n) is 4.60. The summed E-state index contributed by atoms with van der Waals surface area (Å²) >= 11 is 0. The molecule has 2 aromatic rings. The molecule has 26 heavy (non-hydrogen) atoms. The van der Waals surface area contributed by atoms with E-state index >= 15 is 0 Å². The summed E-state index contributed by atoms with van der Waals surface area (Å²) in [5, 5.41) is 5.78. The normalized spacial score (nSPS) is 16.5. The second-order valence-corrected chi connectivity index (χ2v) is 6.62. The molecule has 1 aliphatic rings. The Balaban J connectivity index is 1.70. The molecule has 0 saturated carbocycles. The van der Waals surface area contributed by atoms with Crippen LogP contribution in [0.5, 0.6) is 0 Å². The van der Waals surface area contributed by atoms with Gasteiger partial charge in [-0.2, -0.15) is 0 Å². The summed E-state index contributed by atoms with van der Waals surface area (Å²) in [4.78, 5) is 29.1. The smallest absolute Gasteiger partial charge is 0.274 e. The van der Waals surface area contributed by atoms with Crippen molar-refractivity contribution in [2.45, 2.75) is 32.8 Å². The topological polar surface area (TPSA) is 85.2 Å². The number of aromatic nitrogens is 2. The Morgan fingerprint density at radius 3 is 2.77 bits per heavy atom. The van der Waals surface area contributed by atoms with Gasteiger partial charge in [0.15, 0.2) is 0 Å². The minimum atomic E-state index is -0.248. The first kappa shape index (κ1) is 18.1. The van der Waals surface area contributed by atoms with Crippen LogP contribution in [0.1, 0.15) is 44.9 Å². The molecule has 1 saturated heterocycles. The van der Waals surface area contributed by atoms with Gasteiger partial charge >= 0.3 is 0 Å². The van der Waals surface area contributed by atoms with Crippen molar-refractivity contribution in [1.29, 1.82) is 0 Å². The van der Waals surface area contributed by atoms with Gasteiger partial charge in [-0.15, -0.1) is 0 Å². The van der Waals surface area contributed by atoms with E-state index in [9.17, 15) is 9.59 Å². The van der Waals surface area contributed by atoms with Crippen LogP contribution in [0.4, 0.5) is 5.69 Å². The monoisotopic (exact) mass is 356 g/mol. The predicted octanol–water partition coefficient (Wildman–Crippen LogP) is 2.20. The number of rotatable bonds is 5. The van der Waals surface area contributed by atoms with Crippen LogP contribution in [0, 0.1) is 13.8 Å². The molecule has 7 nitrogen and oxygen atoms in total. The van der Waals surface area contributed by atoms with E-state index in [1.54, 1.807) is 37.0 Å². The molecule has 138 valence electrons. The fourth-order valence-electron chi connectivity index (χ4n) is 3.07. The van der Waals surface area contributed by atoms with Crippen molar-refractivity contribution in [2.75, 3.05) is 18.5 Å². The summed E-state index contributed by atoms with van der Waals surface area (Å²) in [6, 6.07) is 5.28. The summed E-state index contributed by atoms with van der Waals surface area (Å²) in [6.45, 7) is 4.94. The minimum absolute atomic E-state index is 0.0939. The second-order valence-electron chi connectivity index (χ2n) is 6.62. The average Bonchev–Trinajstić information content (AvgIpc) is 3.24. The van der Waals surface area contributed by atoms with Crippen LogP contribution in [0.15, 0.2) is 24.5 Å². The first-order valence-corrected chi connectivity index (χ1v) is 8.75. The molecule has 7 heteroatoms.